The highest BCUT2D eigenvalue weighted by molar-refractivity contribution is 5.40. The summed E-state index contributed by atoms with van der Waals surface area (Å²) >= 11 is 0. The molecular formula is C15H22N4O2. The van der Waals surface area contributed by atoms with E-state index in [1.165, 1.54) is 6.33 Å². The second-order valence-electron chi connectivity index (χ2n) is 4.93. The molecule has 1 aromatic carbocycles. The third-order valence-electron chi connectivity index (χ3n) is 3.44. The van der Waals surface area contributed by atoms with Gasteiger partial charge in [-0.25, -0.2) is 4.98 Å². The van der Waals surface area contributed by atoms with Crippen LogP contribution in [0, 0.1) is 0 Å². The van der Waals surface area contributed by atoms with Crippen LogP contribution in [0.2, 0.25) is 0 Å². The summed E-state index contributed by atoms with van der Waals surface area (Å²) in [5, 5.41) is 4.03. The molecule has 0 saturated carbocycles. The van der Waals surface area contributed by atoms with Crippen LogP contribution in [0.5, 0.6) is 11.5 Å². The number of hydrogen-bond donors (Lipinski definition) is 1. The Labute approximate surface area is 124 Å². The van der Waals surface area contributed by atoms with Gasteiger partial charge in [0.2, 0.25) is 0 Å². The third kappa shape index (κ3) is 3.95. The Bertz CT molecular complexity index is 583. The molecule has 6 heteroatoms. The van der Waals surface area contributed by atoms with E-state index in [2.05, 4.69) is 17.0 Å². The van der Waals surface area contributed by atoms with Gasteiger partial charge in [-0.1, -0.05) is 6.92 Å². The summed E-state index contributed by atoms with van der Waals surface area (Å²) in [5.74, 6) is 2.39. The van der Waals surface area contributed by atoms with Crippen LogP contribution in [0.3, 0.4) is 0 Å². The van der Waals surface area contributed by atoms with Crippen molar-refractivity contribution in [3.05, 3.63) is 35.9 Å². The van der Waals surface area contributed by atoms with Gasteiger partial charge < -0.3 is 15.2 Å². The van der Waals surface area contributed by atoms with E-state index >= 15 is 0 Å². The molecule has 0 bridgehead atoms. The van der Waals surface area contributed by atoms with Crippen molar-refractivity contribution in [1.29, 1.82) is 0 Å². The zero-order valence-electron chi connectivity index (χ0n) is 12.7. The zero-order valence-corrected chi connectivity index (χ0v) is 12.7. The second-order valence-corrected chi connectivity index (χ2v) is 4.93. The van der Waals surface area contributed by atoms with E-state index in [1.54, 1.807) is 11.8 Å². The number of methoxy groups -OCH3 is 1. The summed E-state index contributed by atoms with van der Waals surface area (Å²) in [7, 11) is 3.49. The minimum atomic E-state index is 0.106. The fourth-order valence-electron chi connectivity index (χ4n) is 2.00. The summed E-state index contributed by atoms with van der Waals surface area (Å²) in [6, 6.07) is 5.87. The van der Waals surface area contributed by atoms with Crippen LogP contribution in [0.4, 0.5) is 0 Å². The molecule has 0 aliphatic carbocycles. The van der Waals surface area contributed by atoms with E-state index < -0.39 is 0 Å². The average Bonchev–Trinajstić information content (AvgIpc) is 2.91. The van der Waals surface area contributed by atoms with Crippen LogP contribution in [0.1, 0.15) is 24.7 Å². The van der Waals surface area contributed by atoms with Crippen molar-refractivity contribution in [3.63, 3.8) is 0 Å². The zero-order chi connectivity index (χ0) is 15.2. The third-order valence-corrected chi connectivity index (χ3v) is 3.44. The minimum absolute atomic E-state index is 0.106. The van der Waals surface area contributed by atoms with Crippen LogP contribution in [-0.2, 0) is 20.1 Å². The number of nitrogens with zero attached hydrogens (tertiary/aromatic N) is 3. The molecule has 0 aliphatic rings. The molecule has 0 fully saturated rings. The minimum Gasteiger partial charge on any atom is -0.497 e. The summed E-state index contributed by atoms with van der Waals surface area (Å²) < 4.78 is 12.8. The molecule has 1 atom stereocenters. The first-order valence-corrected chi connectivity index (χ1v) is 7.02. The highest BCUT2D eigenvalue weighted by atomic mass is 16.5. The topological polar surface area (TPSA) is 75.2 Å². The van der Waals surface area contributed by atoms with Gasteiger partial charge in [-0.2, -0.15) is 5.10 Å². The van der Waals surface area contributed by atoms with Crippen LogP contribution in [-0.4, -0.2) is 27.9 Å². The van der Waals surface area contributed by atoms with E-state index in [9.17, 15) is 0 Å². The lowest BCUT2D eigenvalue weighted by Gasteiger charge is -2.15. The second kappa shape index (κ2) is 7.08. The molecule has 2 aromatic rings. The lowest BCUT2D eigenvalue weighted by molar-refractivity contribution is 0.285. The number of hydrogen-bond acceptors (Lipinski definition) is 5. The van der Waals surface area contributed by atoms with Crippen LogP contribution in [0.15, 0.2) is 24.5 Å². The van der Waals surface area contributed by atoms with Gasteiger partial charge in [0, 0.05) is 13.1 Å². The Balaban J connectivity index is 2.15. The number of aryl methyl sites for hydroxylation is 1. The van der Waals surface area contributed by atoms with Crippen molar-refractivity contribution in [2.24, 2.45) is 12.8 Å². The molecule has 114 valence electrons. The molecular weight excluding hydrogens is 268 g/mol. The maximum atomic E-state index is 6.06. The predicted octanol–water partition coefficient (Wildman–Crippen LogP) is 1.68. The number of benzene rings is 1. The summed E-state index contributed by atoms with van der Waals surface area (Å²) in [6.45, 7) is 2.45. The van der Waals surface area contributed by atoms with Crippen molar-refractivity contribution in [2.75, 3.05) is 7.11 Å². The molecule has 0 radical (unpaired) electrons. The van der Waals surface area contributed by atoms with E-state index in [0.29, 0.717) is 6.61 Å². The van der Waals surface area contributed by atoms with Crippen LogP contribution < -0.4 is 15.2 Å². The number of nitrogens with two attached hydrogens (primary N) is 1. The Kier molecular flexibility index (Phi) is 5.16. The molecule has 2 N–H and O–H groups in total. The molecule has 1 heterocycles. The standard InChI is InChI=1S/C15H22N4O2/c1-4-12(16)7-11-8-13(20-3)5-6-14(11)21-9-15-17-10-18-19(15)2/h5-6,8,10,12H,4,7,9,16H2,1-3H3. The number of aromatic nitrogens is 3. The largest absolute Gasteiger partial charge is 0.497 e. The van der Waals surface area contributed by atoms with Crippen molar-refractivity contribution in [1.82, 2.24) is 14.8 Å². The van der Waals surface area contributed by atoms with Gasteiger partial charge in [-0.15, -0.1) is 0 Å². The first-order chi connectivity index (χ1) is 10.1. The van der Waals surface area contributed by atoms with Crippen molar-refractivity contribution < 1.29 is 9.47 Å². The van der Waals surface area contributed by atoms with Gasteiger partial charge in [0.15, 0.2) is 5.82 Å². The first kappa shape index (κ1) is 15.3. The van der Waals surface area contributed by atoms with E-state index in [0.717, 1.165) is 35.7 Å². The maximum Gasteiger partial charge on any atom is 0.164 e. The van der Waals surface area contributed by atoms with Crippen LogP contribution in [0.25, 0.3) is 0 Å². The van der Waals surface area contributed by atoms with E-state index in [4.69, 9.17) is 15.2 Å². The molecule has 2 rings (SSSR count). The normalized spacial score (nSPS) is 12.2. The van der Waals surface area contributed by atoms with Crippen molar-refractivity contribution in [2.45, 2.75) is 32.4 Å². The monoisotopic (exact) mass is 290 g/mol. The maximum absolute atomic E-state index is 6.06. The lowest BCUT2D eigenvalue weighted by atomic mass is 10.0. The van der Waals surface area contributed by atoms with Gasteiger partial charge in [0.25, 0.3) is 0 Å². The highest BCUT2D eigenvalue weighted by Gasteiger charge is 2.11. The van der Waals surface area contributed by atoms with Gasteiger partial charge in [-0.05, 0) is 36.6 Å². The smallest absolute Gasteiger partial charge is 0.164 e. The lowest BCUT2D eigenvalue weighted by Crippen LogP contribution is -2.21. The summed E-state index contributed by atoms with van der Waals surface area (Å²) in [5.41, 5.74) is 7.10. The fourth-order valence-corrected chi connectivity index (χ4v) is 2.00. The number of rotatable bonds is 7. The summed E-state index contributed by atoms with van der Waals surface area (Å²) in [4.78, 5) is 4.15. The molecule has 1 aromatic heterocycles. The van der Waals surface area contributed by atoms with Gasteiger partial charge in [0.1, 0.15) is 24.4 Å². The quantitative estimate of drug-likeness (QED) is 0.839. The highest BCUT2D eigenvalue weighted by Crippen LogP contribution is 2.26. The average molecular weight is 290 g/mol. The van der Waals surface area contributed by atoms with Gasteiger partial charge in [-0.3, -0.25) is 4.68 Å². The molecule has 0 spiro atoms. The molecule has 0 saturated heterocycles. The molecule has 21 heavy (non-hydrogen) atoms. The SMILES string of the molecule is CCC(N)Cc1cc(OC)ccc1OCc1ncnn1C. The Hall–Kier alpha value is -2.08. The van der Waals surface area contributed by atoms with E-state index in [1.807, 2.05) is 25.2 Å². The molecule has 1 unspecified atom stereocenters. The van der Waals surface area contributed by atoms with Gasteiger partial charge >= 0.3 is 0 Å². The van der Waals surface area contributed by atoms with E-state index in [-0.39, 0.29) is 6.04 Å². The molecule has 0 aliphatic heterocycles. The van der Waals surface area contributed by atoms with Crippen molar-refractivity contribution >= 4 is 0 Å². The Morgan fingerprint density at radius 2 is 2.19 bits per heavy atom. The fraction of sp³-hybridized carbons (Fsp3) is 0.467. The number of ether oxygens (including phenoxy) is 2. The van der Waals surface area contributed by atoms with Gasteiger partial charge in [0.05, 0.1) is 7.11 Å². The Morgan fingerprint density at radius 3 is 2.81 bits per heavy atom. The summed E-state index contributed by atoms with van der Waals surface area (Å²) in [6.07, 6.45) is 3.18. The first-order valence-electron chi connectivity index (χ1n) is 7.02. The van der Waals surface area contributed by atoms with Crippen LogP contribution >= 0.6 is 0 Å². The molecule has 0 amide bonds. The Morgan fingerprint density at radius 1 is 1.38 bits per heavy atom. The van der Waals surface area contributed by atoms with Crippen molar-refractivity contribution in [3.8, 4) is 11.5 Å². The predicted molar refractivity (Wildman–Crippen MR) is 80.3 cm³/mol. The molecule has 6 nitrogen and oxygen atoms in total.